The number of anilines is 1. The highest BCUT2D eigenvalue weighted by Gasteiger charge is 2.35. The van der Waals surface area contributed by atoms with Gasteiger partial charge in [-0.3, -0.25) is 9.59 Å². The van der Waals surface area contributed by atoms with E-state index in [9.17, 15) is 22.8 Å². The van der Waals surface area contributed by atoms with Crippen LogP contribution in [0.4, 0.5) is 18.9 Å². The van der Waals surface area contributed by atoms with Gasteiger partial charge in [-0.25, -0.2) is 4.98 Å². The van der Waals surface area contributed by atoms with Crippen LogP contribution in [-0.4, -0.2) is 40.9 Å². The van der Waals surface area contributed by atoms with Crippen molar-refractivity contribution in [3.05, 3.63) is 53.7 Å². The highest BCUT2D eigenvalue weighted by molar-refractivity contribution is 5.96. The van der Waals surface area contributed by atoms with Gasteiger partial charge in [-0.15, -0.1) is 0 Å². The smallest absolute Gasteiger partial charge is 0.433 e. The van der Waals surface area contributed by atoms with Crippen LogP contribution in [0.2, 0.25) is 0 Å². The number of amides is 2. The molecule has 27 heavy (non-hydrogen) atoms. The number of pyridine rings is 1. The third kappa shape index (κ3) is 4.55. The van der Waals surface area contributed by atoms with Gasteiger partial charge in [-0.05, 0) is 30.3 Å². The second kappa shape index (κ2) is 7.26. The van der Waals surface area contributed by atoms with Crippen LogP contribution in [0.15, 0.2) is 42.5 Å². The summed E-state index contributed by atoms with van der Waals surface area (Å²) in [5.41, 5.74) is 0.00533. The van der Waals surface area contributed by atoms with Crippen molar-refractivity contribution in [3.63, 3.8) is 0 Å². The van der Waals surface area contributed by atoms with Crippen LogP contribution in [0.1, 0.15) is 23.0 Å². The van der Waals surface area contributed by atoms with Gasteiger partial charge in [-0.1, -0.05) is 6.07 Å². The van der Waals surface area contributed by atoms with E-state index in [0.29, 0.717) is 11.3 Å². The maximum Gasteiger partial charge on any atom is 0.433 e. The number of nitrogens with one attached hydrogen (secondary N) is 1. The summed E-state index contributed by atoms with van der Waals surface area (Å²) in [5, 5.41) is 2.61. The zero-order valence-electron chi connectivity index (χ0n) is 14.3. The zero-order chi connectivity index (χ0) is 19.6. The second-order valence-electron chi connectivity index (χ2n) is 6.07. The molecule has 1 saturated heterocycles. The average molecular weight is 379 g/mol. The number of nitrogens with zero attached hydrogens (tertiary/aromatic N) is 2. The number of likely N-dealkylation sites (tertiary alicyclic amines) is 1. The summed E-state index contributed by atoms with van der Waals surface area (Å²) in [6, 6.07) is 9.87. The first-order valence-corrected chi connectivity index (χ1v) is 8.10. The van der Waals surface area contributed by atoms with Crippen LogP contribution in [0, 0.1) is 0 Å². The Morgan fingerprint density at radius 1 is 1.15 bits per heavy atom. The molecule has 3 rings (SSSR count). The van der Waals surface area contributed by atoms with Crippen molar-refractivity contribution in [3.8, 4) is 5.88 Å². The van der Waals surface area contributed by atoms with Gasteiger partial charge in [-0.2, -0.15) is 13.2 Å². The molecular formula is C18H16F3N3O3. The summed E-state index contributed by atoms with van der Waals surface area (Å²) in [7, 11) is 0. The van der Waals surface area contributed by atoms with E-state index in [0.717, 1.165) is 6.07 Å². The maximum absolute atomic E-state index is 12.7. The Bertz CT molecular complexity index is 847. The van der Waals surface area contributed by atoms with Crippen LogP contribution >= 0.6 is 0 Å². The van der Waals surface area contributed by atoms with Crippen molar-refractivity contribution in [2.75, 3.05) is 18.4 Å². The molecule has 2 amide bonds. The lowest BCUT2D eigenvalue weighted by Gasteiger charge is -2.38. The molecule has 0 aliphatic carbocycles. The molecular weight excluding hydrogens is 363 g/mol. The third-order valence-electron chi connectivity index (χ3n) is 3.89. The number of aromatic nitrogens is 1. The van der Waals surface area contributed by atoms with Gasteiger partial charge in [0.2, 0.25) is 11.8 Å². The monoisotopic (exact) mass is 379 g/mol. The summed E-state index contributed by atoms with van der Waals surface area (Å²) >= 11 is 0. The van der Waals surface area contributed by atoms with Gasteiger partial charge in [0.05, 0.1) is 13.1 Å². The van der Waals surface area contributed by atoms with E-state index >= 15 is 0 Å². The largest absolute Gasteiger partial charge is 0.471 e. The van der Waals surface area contributed by atoms with E-state index in [4.69, 9.17) is 4.74 Å². The molecule has 1 aliphatic rings. The minimum atomic E-state index is -4.54. The third-order valence-corrected chi connectivity index (χ3v) is 3.89. The number of hydrogen-bond acceptors (Lipinski definition) is 4. The first-order chi connectivity index (χ1) is 12.7. The molecule has 0 saturated carbocycles. The predicted octanol–water partition coefficient (Wildman–Crippen LogP) is 2.96. The van der Waals surface area contributed by atoms with Crippen molar-refractivity contribution in [1.82, 2.24) is 9.88 Å². The van der Waals surface area contributed by atoms with E-state index < -0.39 is 18.0 Å². The summed E-state index contributed by atoms with van der Waals surface area (Å²) in [5.74, 6) is -0.553. The van der Waals surface area contributed by atoms with Gasteiger partial charge >= 0.3 is 6.18 Å². The SMILES string of the molecule is CC(=O)Nc1ccc(C(=O)N2CC(Oc3cccc(C(F)(F)F)n3)C2)cc1. The molecule has 2 aromatic rings. The standard InChI is InChI=1S/C18H16F3N3O3/c1-11(25)22-13-7-5-12(6-8-13)17(26)24-9-14(10-24)27-16-4-2-3-15(23-16)18(19,20)21/h2-8,14H,9-10H2,1H3,(H,22,25). The van der Waals surface area contributed by atoms with Crippen molar-refractivity contribution in [1.29, 1.82) is 0 Å². The van der Waals surface area contributed by atoms with Crippen LogP contribution in [0.25, 0.3) is 0 Å². The number of ether oxygens (including phenoxy) is 1. The predicted molar refractivity (Wildman–Crippen MR) is 90.3 cm³/mol. The van der Waals surface area contributed by atoms with Crippen molar-refractivity contribution < 1.29 is 27.5 Å². The quantitative estimate of drug-likeness (QED) is 0.887. The lowest BCUT2D eigenvalue weighted by molar-refractivity contribution is -0.141. The first kappa shape index (κ1) is 18.7. The van der Waals surface area contributed by atoms with E-state index in [1.165, 1.54) is 24.0 Å². The van der Waals surface area contributed by atoms with Crippen LogP contribution in [0.3, 0.4) is 0 Å². The first-order valence-electron chi connectivity index (χ1n) is 8.10. The Hall–Kier alpha value is -3.10. The Balaban J connectivity index is 1.55. The minimum absolute atomic E-state index is 0.124. The molecule has 0 atom stereocenters. The fraction of sp³-hybridized carbons (Fsp3) is 0.278. The van der Waals surface area contributed by atoms with E-state index in [2.05, 4.69) is 10.3 Å². The summed E-state index contributed by atoms with van der Waals surface area (Å²) < 4.78 is 43.4. The molecule has 1 N–H and O–H groups in total. The van der Waals surface area contributed by atoms with Gasteiger partial charge in [0.25, 0.3) is 5.91 Å². The molecule has 1 aliphatic heterocycles. The fourth-order valence-corrected chi connectivity index (χ4v) is 2.57. The molecule has 0 spiro atoms. The summed E-state index contributed by atoms with van der Waals surface area (Å²) in [6.45, 7) is 1.90. The number of halogens is 3. The van der Waals surface area contributed by atoms with Crippen molar-refractivity contribution in [2.24, 2.45) is 0 Å². The molecule has 2 heterocycles. The molecule has 0 bridgehead atoms. The average Bonchev–Trinajstić information content (AvgIpc) is 2.57. The van der Waals surface area contributed by atoms with Gasteiger partial charge < -0.3 is 15.0 Å². The number of alkyl halides is 3. The van der Waals surface area contributed by atoms with Crippen LogP contribution < -0.4 is 10.1 Å². The highest BCUT2D eigenvalue weighted by atomic mass is 19.4. The number of rotatable bonds is 4. The molecule has 142 valence electrons. The van der Waals surface area contributed by atoms with Crippen molar-refractivity contribution in [2.45, 2.75) is 19.2 Å². The van der Waals surface area contributed by atoms with Gasteiger partial charge in [0.15, 0.2) is 0 Å². The Labute approximate surface area is 152 Å². The summed E-state index contributed by atoms with van der Waals surface area (Å²) in [4.78, 5) is 28.3. The highest BCUT2D eigenvalue weighted by Crippen LogP contribution is 2.29. The Morgan fingerprint density at radius 2 is 1.81 bits per heavy atom. The maximum atomic E-state index is 12.7. The zero-order valence-corrected chi connectivity index (χ0v) is 14.3. The molecule has 6 nitrogen and oxygen atoms in total. The number of benzene rings is 1. The van der Waals surface area contributed by atoms with Gasteiger partial charge in [0.1, 0.15) is 11.8 Å². The molecule has 1 aromatic carbocycles. The molecule has 9 heteroatoms. The number of carbonyl (C=O) groups is 2. The molecule has 1 aromatic heterocycles. The van der Waals surface area contributed by atoms with Crippen LogP contribution in [0.5, 0.6) is 5.88 Å². The molecule has 1 fully saturated rings. The van der Waals surface area contributed by atoms with Crippen molar-refractivity contribution >= 4 is 17.5 Å². The topological polar surface area (TPSA) is 71.5 Å². The lowest BCUT2D eigenvalue weighted by atomic mass is 10.1. The van der Waals surface area contributed by atoms with Gasteiger partial charge in [0, 0.05) is 24.2 Å². The Morgan fingerprint density at radius 3 is 2.41 bits per heavy atom. The van der Waals surface area contributed by atoms with Crippen LogP contribution in [-0.2, 0) is 11.0 Å². The summed E-state index contributed by atoms with van der Waals surface area (Å²) in [6.07, 6.45) is -4.95. The Kier molecular flexibility index (Phi) is 5.02. The molecule has 0 unspecified atom stereocenters. The normalized spacial score (nSPS) is 14.4. The lowest BCUT2D eigenvalue weighted by Crippen LogP contribution is -2.56. The minimum Gasteiger partial charge on any atom is -0.471 e. The second-order valence-corrected chi connectivity index (χ2v) is 6.07. The van der Waals surface area contributed by atoms with E-state index in [1.54, 1.807) is 24.3 Å². The number of hydrogen-bond donors (Lipinski definition) is 1. The van der Waals surface area contributed by atoms with E-state index in [-0.39, 0.29) is 30.8 Å². The fourth-order valence-electron chi connectivity index (χ4n) is 2.57. The molecule has 0 radical (unpaired) electrons. The number of carbonyl (C=O) groups excluding carboxylic acids is 2. The van der Waals surface area contributed by atoms with E-state index in [1.807, 2.05) is 0 Å².